The highest BCUT2D eigenvalue weighted by molar-refractivity contribution is 9.10. The number of halogens is 2. The molecule has 1 aromatic carbocycles. The molecule has 0 spiro atoms. The van der Waals surface area contributed by atoms with E-state index in [0.717, 1.165) is 10.7 Å². The van der Waals surface area contributed by atoms with Crippen LogP contribution >= 0.6 is 15.9 Å². The van der Waals surface area contributed by atoms with E-state index in [-0.39, 0.29) is 18.0 Å². The highest BCUT2D eigenvalue weighted by atomic mass is 79.9. The van der Waals surface area contributed by atoms with Gasteiger partial charge in [-0.05, 0) is 30.2 Å². The smallest absolute Gasteiger partial charge is 0.148 e. The fourth-order valence-corrected chi connectivity index (χ4v) is 2.73. The summed E-state index contributed by atoms with van der Waals surface area (Å²) in [6, 6.07) is 3.93. The number of benzene rings is 1. The molecule has 0 bridgehead atoms. The molecule has 0 heterocycles. The van der Waals surface area contributed by atoms with Gasteiger partial charge < -0.3 is 5.73 Å². The van der Waals surface area contributed by atoms with Crippen molar-refractivity contribution in [1.29, 1.82) is 0 Å². The second-order valence-corrected chi connectivity index (χ2v) is 6.89. The summed E-state index contributed by atoms with van der Waals surface area (Å²) in [5.41, 5.74) is 6.07. The van der Waals surface area contributed by atoms with E-state index < -0.39 is 15.9 Å². The van der Waals surface area contributed by atoms with Gasteiger partial charge in [0.05, 0.1) is 5.75 Å². The first-order chi connectivity index (χ1) is 7.28. The Bertz CT molecular complexity index is 476. The summed E-state index contributed by atoms with van der Waals surface area (Å²) < 4.78 is 36.1. The lowest BCUT2D eigenvalue weighted by atomic mass is 10.1. The van der Waals surface area contributed by atoms with E-state index in [9.17, 15) is 12.8 Å². The molecule has 1 rings (SSSR count). The lowest BCUT2D eigenvalue weighted by Crippen LogP contribution is -2.31. The van der Waals surface area contributed by atoms with Crippen LogP contribution in [0.2, 0.25) is 0 Å². The maximum Gasteiger partial charge on any atom is 0.148 e. The molecule has 0 aliphatic carbocycles. The van der Waals surface area contributed by atoms with Crippen molar-refractivity contribution < 1.29 is 12.8 Å². The van der Waals surface area contributed by atoms with Gasteiger partial charge in [0.25, 0.3) is 0 Å². The molecule has 0 saturated heterocycles. The number of rotatable bonds is 4. The lowest BCUT2D eigenvalue weighted by Gasteiger charge is -2.11. The molecule has 1 aromatic rings. The van der Waals surface area contributed by atoms with Crippen molar-refractivity contribution in [2.75, 3.05) is 12.0 Å². The summed E-state index contributed by atoms with van der Waals surface area (Å²) >= 11 is 3.22. The second kappa shape index (κ2) is 5.25. The van der Waals surface area contributed by atoms with E-state index in [2.05, 4.69) is 15.9 Å². The minimum absolute atomic E-state index is 0.140. The topological polar surface area (TPSA) is 60.2 Å². The third kappa shape index (κ3) is 4.59. The minimum Gasteiger partial charge on any atom is -0.326 e. The molecule has 0 aromatic heterocycles. The van der Waals surface area contributed by atoms with Crippen LogP contribution < -0.4 is 5.73 Å². The first-order valence-electron chi connectivity index (χ1n) is 4.65. The maximum atomic E-state index is 13.3. The van der Waals surface area contributed by atoms with Gasteiger partial charge in [-0.2, -0.15) is 0 Å². The first kappa shape index (κ1) is 13.6. The van der Waals surface area contributed by atoms with Crippen LogP contribution in [0.3, 0.4) is 0 Å². The van der Waals surface area contributed by atoms with Crippen molar-refractivity contribution in [3.8, 4) is 0 Å². The van der Waals surface area contributed by atoms with E-state index in [0.29, 0.717) is 5.56 Å². The molecule has 0 amide bonds. The fourth-order valence-electron chi connectivity index (χ4n) is 1.43. The zero-order valence-electron chi connectivity index (χ0n) is 8.78. The molecule has 90 valence electrons. The monoisotopic (exact) mass is 309 g/mol. The number of nitrogens with two attached hydrogens (primary N) is 1. The van der Waals surface area contributed by atoms with Crippen molar-refractivity contribution in [1.82, 2.24) is 0 Å². The van der Waals surface area contributed by atoms with Gasteiger partial charge in [-0.3, -0.25) is 0 Å². The van der Waals surface area contributed by atoms with Crippen LogP contribution in [0.5, 0.6) is 0 Å². The second-order valence-electron chi connectivity index (χ2n) is 3.79. The normalized spacial score (nSPS) is 13.8. The molecular weight excluding hydrogens is 297 g/mol. The Balaban J connectivity index is 2.77. The summed E-state index contributed by atoms with van der Waals surface area (Å²) in [7, 11) is -3.13. The molecule has 0 aliphatic heterocycles. The molecule has 16 heavy (non-hydrogen) atoms. The molecule has 0 fully saturated rings. The van der Waals surface area contributed by atoms with Gasteiger partial charge in [0.15, 0.2) is 0 Å². The van der Waals surface area contributed by atoms with Crippen LogP contribution in [0, 0.1) is 5.82 Å². The van der Waals surface area contributed by atoms with E-state index in [1.165, 1.54) is 6.07 Å². The summed E-state index contributed by atoms with van der Waals surface area (Å²) in [5.74, 6) is -0.508. The van der Waals surface area contributed by atoms with E-state index >= 15 is 0 Å². The highest BCUT2D eigenvalue weighted by Crippen LogP contribution is 2.16. The van der Waals surface area contributed by atoms with E-state index in [1.54, 1.807) is 12.1 Å². The van der Waals surface area contributed by atoms with Gasteiger partial charge in [0, 0.05) is 16.8 Å². The maximum absolute atomic E-state index is 13.3. The number of hydrogen-bond donors (Lipinski definition) is 1. The standard InChI is InChI=1S/C10H13BrFNO2S/c1-16(14,15)6-9(13)5-7-4-8(11)2-3-10(7)12/h2-4,9H,5-6,13H2,1H3. The molecule has 3 nitrogen and oxygen atoms in total. The molecule has 0 saturated carbocycles. The SMILES string of the molecule is CS(=O)(=O)CC(N)Cc1cc(Br)ccc1F. The zero-order chi connectivity index (χ0) is 12.3. The molecule has 6 heteroatoms. The van der Waals surface area contributed by atoms with Gasteiger partial charge in [-0.15, -0.1) is 0 Å². The van der Waals surface area contributed by atoms with Crippen LogP contribution in [0.25, 0.3) is 0 Å². The van der Waals surface area contributed by atoms with Crippen molar-refractivity contribution in [2.45, 2.75) is 12.5 Å². The average molecular weight is 310 g/mol. The Morgan fingerprint density at radius 1 is 1.50 bits per heavy atom. The Labute approximate surface area is 103 Å². The molecule has 0 aliphatic rings. The van der Waals surface area contributed by atoms with Crippen LogP contribution in [-0.2, 0) is 16.3 Å². The molecule has 1 unspecified atom stereocenters. The third-order valence-corrected chi connectivity index (χ3v) is 3.53. The zero-order valence-corrected chi connectivity index (χ0v) is 11.2. The van der Waals surface area contributed by atoms with E-state index in [4.69, 9.17) is 5.73 Å². The van der Waals surface area contributed by atoms with Crippen LogP contribution in [0.1, 0.15) is 5.56 Å². The van der Waals surface area contributed by atoms with Crippen molar-refractivity contribution in [3.63, 3.8) is 0 Å². The van der Waals surface area contributed by atoms with Gasteiger partial charge in [0.2, 0.25) is 0 Å². The van der Waals surface area contributed by atoms with Gasteiger partial charge in [-0.25, -0.2) is 12.8 Å². The van der Waals surface area contributed by atoms with Crippen molar-refractivity contribution in [2.24, 2.45) is 5.73 Å². The van der Waals surface area contributed by atoms with Crippen LogP contribution in [0.15, 0.2) is 22.7 Å². The molecule has 2 N–H and O–H groups in total. The predicted octanol–water partition coefficient (Wildman–Crippen LogP) is 1.50. The summed E-state index contributed by atoms with van der Waals surface area (Å²) in [6.45, 7) is 0. The summed E-state index contributed by atoms with van der Waals surface area (Å²) in [5, 5.41) is 0. The van der Waals surface area contributed by atoms with Gasteiger partial charge in [0.1, 0.15) is 15.7 Å². The van der Waals surface area contributed by atoms with Crippen LogP contribution in [0.4, 0.5) is 4.39 Å². The quantitative estimate of drug-likeness (QED) is 0.917. The minimum atomic E-state index is -3.13. The first-order valence-corrected chi connectivity index (χ1v) is 7.50. The lowest BCUT2D eigenvalue weighted by molar-refractivity contribution is 0.579. The Morgan fingerprint density at radius 2 is 2.12 bits per heavy atom. The average Bonchev–Trinajstić information content (AvgIpc) is 2.08. The van der Waals surface area contributed by atoms with Gasteiger partial charge >= 0.3 is 0 Å². The Hall–Kier alpha value is -0.460. The van der Waals surface area contributed by atoms with Gasteiger partial charge in [-0.1, -0.05) is 15.9 Å². The molecular formula is C10H13BrFNO2S. The summed E-state index contributed by atoms with van der Waals surface area (Å²) in [6.07, 6.45) is 1.32. The van der Waals surface area contributed by atoms with E-state index in [1.807, 2.05) is 0 Å². The molecule has 0 radical (unpaired) electrons. The number of hydrogen-bond acceptors (Lipinski definition) is 3. The fraction of sp³-hybridized carbons (Fsp3) is 0.400. The number of sulfone groups is 1. The van der Waals surface area contributed by atoms with Crippen molar-refractivity contribution in [3.05, 3.63) is 34.1 Å². The van der Waals surface area contributed by atoms with Crippen molar-refractivity contribution >= 4 is 25.8 Å². The summed E-state index contributed by atoms with van der Waals surface area (Å²) in [4.78, 5) is 0. The highest BCUT2D eigenvalue weighted by Gasteiger charge is 2.13. The Morgan fingerprint density at radius 3 is 2.69 bits per heavy atom. The predicted molar refractivity (Wildman–Crippen MR) is 65.5 cm³/mol. The Kier molecular flexibility index (Phi) is 4.46. The van der Waals surface area contributed by atoms with Crippen LogP contribution in [-0.4, -0.2) is 26.5 Å². The third-order valence-electron chi connectivity index (χ3n) is 2.01. The largest absolute Gasteiger partial charge is 0.326 e. The molecule has 1 atom stereocenters.